The maximum atomic E-state index is 12.9. The number of ether oxygens (including phenoxy) is 4. The van der Waals surface area contributed by atoms with Crippen LogP contribution in [0.2, 0.25) is 0 Å². The van der Waals surface area contributed by atoms with Gasteiger partial charge in [-0.15, -0.1) is 0 Å². The number of cyclic esters (lactones) is 2. The van der Waals surface area contributed by atoms with Gasteiger partial charge in [-0.25, -0.2) is 9.59 Å². The van der Waals surface area contributed by atoms with Crippen LogP contribution in [0, 0.1) is 0 Å². The summed E-state index contributed by atoms with van der Waals surface area (Å²) in [6.07, 6.45) is 15.5. The van der Waals surface area contributed by atoms with Crippen LogP contribution in [0.4, 0.5) is 9.59 Å². The van der Waals surface area contributed by atoms with E-state index in [1.54, 1.807) is 0 Å². The second-order valence-corrected chi connectivity index (χ2v) is 11.0. The zero-order valence-corrected chi connectivity index (χ0v) is 22.3. The Morgan fingerprint density at radius 3 is 2.21 bits per heavy atom. The zero-order valence-electron chi connectivity index (χ0n) is 22.3. The first-order valence-corrected chi connectivity index (χ1v) is 13.3. The summed E-state index contributed by atoms with van der Waals surface area (Å²) in [7, 11) is 0. The van der Waals surface area contributed by atoms with E-state index in [1.165, 1.54) is 62.7 Å². The molecule has 0 saturated carbocycles. The zero-order chi connectivity index (χ0) is 25.2. The smallest absolute Gasteiger partial charge is 0.444 e. The molecule has 2 heterocycles. The Morgan fingerprint density at radius 2 is 1.62 bits per heavy atom. The van der Waals surface area contributed by atoms with Crippen LogP contribution in [0.15, 0.2) is 12.2 Å². The molecule has 0 aliphatic carbocycles. The number of amides is 1. The average Bonchev–Trinajstić information content (AvgIpc) is 3.25. The van der Waals surface area contributed by atoms with Gasteiger partial charge in [0.1, 0.15) is 17.4 Å². The summed E-state index contributed by atoms with van der Waals surface area (Å²) >= 11 is 0. The van der Waals surface area contributed by atoms with Gasteiger partial charge >= 0.3 is 12.2 Å². The highest BCUT2D eigenvalue weighted by Gasteiger charge is 2.54. The van der Waals surface area contributed by atoms with E-state index in [9.17, 15) is 9.59 Å². The molecule has 0 radical (unpaired) electrons. The number of carbonyl (C=O) groups excluding carboxylic acids is 2. The molecule has 7 nitrogen and oxygen atoms in total. The number of unbranched alkanes of at least 4 members (excludes halogenated alkanes) is 10. The maximum Gasteiger partial charge on any atom is 0.509 e. The van der Waals surface area contributed by atoms with E-state index in [4.69, 9.17) is 18.9 Å². The highest BCUT2D eigenvalue weighted by molar-refractivity contribution is 5.70. The molecule has 0 aromatic heterocycles. The predicted molar refractivity (Wildman–Crippen MR) is 133 cm³/mol. The van der Waals surface area contributed by atoms with Gasteiger partial charge in [0, 0.05) is 0 Å². The van der Waals surface area contributed by atoms with Crippen molar-refractivity contribution in [3.05, 3.63) is 12.2 Å². The number of allylic oxidation sites excluding steroid dienone is 1. The quantitative estimate of drug-likeness (QED) is 0.158. The molecule has 1 amide bonds. The molecule has 0 unspecified atom stereocenters. The van der Waals surface area contributed by atoms with Crippen molar-refractivity contribution in [3.8, 4) is 0 Å². The van der Waals surface area contributed by atoms with E-state index >= 15 is 0 Å². The lowest BCUT2D eigenvalue weighted by molar-refractivity contribution is -0.0673. The molecule has 2 aliphatic heterocycles. The summed E-state index contributed by atoms with van der Waals surface area (Å²) in [4.78, 5) is 26.4. The fraction of sp³-hybridized carbons (Fsp3) is 0.852. The van der Waals surface area contributed by atoms with Crippen molar-refractivity contribution in [1.29, 1.82) is 0 Å². The van der Waals surface area contributed by atoms with Crippen LogP contribution in [-0.2, 0) is 18.9 Å². The Bertz CT molecular complexity index is 669. The van der Waals surface area contributed by atoms with Crippen molar-refractivity contribution in [3.63, 3.8) is 0 Å². The minimum Gasteiger partial charge on any atom is -0.444 e. The maximum absolute atomic E-state index is 12.9. The van der Waals surface area contributed by atoms with E-state index in [-0.39, 0.29) is 6.61 Å². The molecular formula is C27H47NO6. The number of hydrogen-bond acceptors (Lipinski definition) is 6. The fourth-order valence-corrected chi connectivity index (χ4v) is 4.55. The lowest BCUT2D eigenvalue weighted by atomic mass is 10.0. The summed E-state index contributed by atoms with van der Waals surface area (Å²) < 4.78 is 22.3. The molecule has 2 saturated heterocycles. The van der Waals surface area contributed by atoms with Gasteiger partial charge in [0.15, 0.2) is 12.2 Å². The van der Waals surface area contributed by atoms with Crippen LogP contribution in [0.3, 0.4) is 0 Å². The summed E-state index contributed by atoms with van der Waals surface area (Å²) in [5, 5.41) is 0. The first-order valence-electron chi connectivity index (χ1n) is 13.3. The average molecular weight is 482 g/mol. The molecule has 2 rings (SSSR count). The molecule has 0 spiro atoms. The van der Waals surface area contributed by atoms with E-state index in [2.05, 4.69) is 13.0 Å². The van der Waals surface area contributed by atoms with Gasteiger partial charge in [0.25, 0.3) is 0 Å². The number of nitrogens with zero attached hydrogens (tertiary/aromatic N) is 1. The predicted octanol–water partition coefficient (Wildman–Crippen LogP) is 7.13. The van der Waals surface area contributed by atoms with Crippen molar-refractivity contribution in [2.24, 2.45) is 0 Å². The minimum atomic E-state index is -0.869. The van der Waals surface area contributed by atoms with E-state index in [0.717, 1.165) is 12.8 Å². The van der Waals surface area contributed by atoms with Crippen molar-refractivity contribution in [2.45, 2.75) is 142 Å². The fourth-order valence-electron chi connectivity index (χ4n) is 4.55. The largest absolute Gasteiger partial charge is 0.509 e. The number of carbonyl (C=O) groups is 2. The second kappa shape index (κ2) is 13.4. The molecule has 0 aromatic carbocycles. The molecule has 0 aromatic rings. The summed E-state index contributed by atoms with van der Waals surface area (Å²) in [6, 6.07) is -0.483. The Labute approximate surface area is 206 Å². The van der Waals surface area contributed by atoms with Gasteiger partial charge in [-0.2, -0.15) is 0 Å². The van der Waals surface area contributed by atoms with E-state index in [0.29, 0.717) is 0 Å². The van der Waals surface area contributed by atoms with E-state index in [1.807, 2.05) is 40.7 Å². The number of rotatable bonds is 13. The highest BCUT2D eigenvalue weighted by atomic mass is 16.8. The summed E-state index contributed by atoms with van der Waals surface area (Å²) in [5.41, 5.74) is -1.51. The molecule has 7 heteroatoms. The standard InChI is InChI=1S/C27H47NO6/c1-7-8-9-10-11-12-13-14-15-16-17-18-19-22-23(33-25(30)32-22)21-20-31-27(5,6)28(21)24(29)34-26(2,3)4/h18-19,21-23H,7-17,20H2,1-6H3/b19-18+/t21-,22+,23-/m0/s1. The molecule has 34 heavy (non-hydrogen) atoms. The van der Waals surface area contributed by atoms with Gasteiger partial charge in [0.05, 0.1) is 6.61 Å². The molecule has 0 N–H and O–H groups in total. The topological polar surface area (TPSA) is 74.3 Å². The highest BCUT2D eigenvalue weighted by Crippen LogP contribution is 2.35. The van der Waals surface area contributed by atoms with Gasteiger partial charge in [-0.3, -0.25) is 4.90 Å². The van der Waals surface area contributed by atoms with E-state index < -0.39 is 41.8 Å². The first-order chi connectivity index (χ1) is 16.0. The molecule has 0 bridgehead atoms. The van der Waals surface area contributed by atoms with Gasteiger partial charge < -0.3 is 18.9 Å². The van der Waals surface area contributed by atoms with Crippen LogP contribution >= 0.6 is 0 Å². The summed E-state index contributed by atoms with van der Waals surface area (Å²) in [6.45, 7) is 11.6. The third-order valence-corrected chi connectivity index (χ3v) is 6.33. The Balaban J connectivity index is 1.81. The number of hydrogen-bond donors (Lipinski definition) is 0. The monoisotopic (exact) mass is 481 g/mol. The minimum absolute atomic E-state index is 0.246. The third-order valence-electron chi connectivity index (χ3n) is 6.33. The van der Waals surface area contributed by atoms with Crippen molar-refractivity contribution in [2.75, 3.05) is 6.61 Å². The molecule has 2 aliphatic rings. The molecule has 196 valence electrons. The van der Waals surface area contributed by atoms with Crippen LogP contribution in [-0.4, -0.2) is 53.3 Å². The second-order valence-electron chi connectivity index (χ2n) is 11.0. The van der Waals surface area contributed by atoms with Crippen LogP contribution in [0.5, 0.6) is 0 Å². The third kappa shape index (κ3) is 9.12. The van der Waals surface area contributed by atoms with Gasteiger partial charge in [0.2, 0.25) is 0 Å². The van der Waals surface area contributed by atoms with Gasteiger partial charge in [-0.1, -0.05) is 70.8 Å². The van der Waals surface area contributed by atoms with Crippen LogP contribution in [0.25, 0.3) is 0 Å². The van der Waals surface area contributed by atoms with Crippen molar-refractivity contribution >= 4 is 12.2 Å². The molecule has 2 fully saturated rings. The lowest BCUT2D eigenvalue weighted by Crippen LogP contribution is -2.54. The lowest BCUT2D eigenvalue weighted by Gasteiger charge is -2.36. The van der Waals surface area contributed by atoms with Crippen molar-refractivity contribution in [1.82, 2.24) is 4.90 Å². The van der Waals surface area contributed by atoms with Crippen molar-refractivity contribution < 1.29 is 28.5 Å². The Hall–Kier alpha value is -1.76. The summed E-state index contributed by atoms with van der Waals surface area (Å²) in [5.74, 6) is 0. The first kappa shape index (κ1) is 28.5. The SMILES string of the molecule is CCCCCCCCCCCC/C=C/[C@H]1OC(=O)O[C@H]1[C@@H]1COC(C)(C)N1C(=O)OC(C)(C)C. The Kier molecular flexibility index (Phi) is 11.2. The van der Waals surface area contributed by atoms with Crippen LogP contribution < -0.4 is 0 Å². The Morgan fingerprint density at radius 1 is 1.03 bits per heavy atom. The molecular weight excluding hydrogens is 434 g/mol. The van der Waals surface area contributed by atoms with Crippen LogP contribution in [0.1, 0.15) is 112 Å². The normalized spacial score (nSPS) is 24.5. The van der Waals surface area contributed by atoms with Gasteiger partial charge in [-0.05, 0) is 53.5 Å². The molecule has 3 atom stereocenters.